The summed E-state index contributed by atoms with van der Waals surface area (Å²) in [4.78, 5) is 40.5. The van der Waals surface area contributed by atoms with Crippen molar-refractivity contribution in [3.8, 4) is 11.1 Å². The molecule has 0 bridgehead atoms. The number of pyridine rings is 1. The lowest BCUT2D eigenvalue weighted by Crippen LogP contribution is -2.42. The molecule has 0 aromatic carbocycles. The van der Waals surface area contributed by atoms with Crippen LogP contribution in [-0.2, 0) is 14.1 Å². The molecule has 31 heavy (non-hydrogen) atoms. The third-order valence-corrected chi connectivity index (χ3v) is 6.23. The predicted molar refractivity (Wildman–Crippen MR) is 116 cm³/mol. The third-order valence-electron chi connectivity index (χ3n) is 6.23. The fourth-order valence-electron chi connectivity index (χ4n) is 4.30. The summed E-state index contributed by atoms with van der Waals surface area (Å²) in [6.45, 7) is 0.523. The molecule has 2 N–H and O–H groups in total. The van der Waals surface area contributed by atoms with Gasteiger partial charge in [0.05, 0.1) is 6.20 Å². The maximum Gasteiger partial charge on any atom is 0.331 e. The lowest BCUT2D eigenvalue weighted by atomic mass is 9.79. The first-order chi connectivity index (χ1) is 15.0. The van der Waals surface area contributed by atoms with Crippen molar-refractivity contribution in [1.29, 1.82) is 0 Å². The highest BCUT2D eigenvalue weighted by Gasteiger charge is 2.26. The number of H-pyrrole nitrogens is 1. The monoisotopic (exact) mass is 422 g/mol. The summed E-state index contributed by atoms with van der Waals surface area (Å²) in [6.07, 6.45) is 9.40. The maximum atomic E-state index is 12.5. The van der Waals surface area contributed by atoms with Crippen LogP contribution in [0, 0.1) is 5.92 Å². The van der Waals surface area contributed by atoms with Crippen LogP contribution in [-0.4, -0.2) is 36.8 Å². The van der Waals surface area contributed by atoms with Gasteiger partial charge in [-0.25, -0.2) is 4.79 Å². The molecule has 1 saturated carbocycles. The van der Waals surface area contributed by atoms with Crippen molar-refractivity contribution in [2.24, 2.45) is 20.0 Å². The van der Waals surface area contributed by atoms with Crippen LogP contribution in [0.5, 0.6) is 0 Å². The number of hydrogen-bond donors (Lipinski definition) is 2. The standard InChI is InChI=1S/C22H26N6O3/c1-27-18(11-19(29)28(2)22(27)31)21(30)24-12-14-3-5-16(6-4-14)20-17(13-25-26-20)15-7-9-23-10-8-15/h7-11,13-14,16H,3-6,12H2,1-2H3,(H,24,30)(H,25,26). The summed E-state index contributed by atoms with van der Waals surface area (Å²) < 4.78 is 2.18. The van der Waals surface area contributed by atoms with E-state index in [1.165, 1.54) is 24.7 Å². The van der Waals surface area contributed by atoms with Crippen molar-refractivity contribution in [3.63, 3.8) is 0 Å². The Morgan fingerprint density at radius 2 is 1.84 bits per heavy atom. The van der Waals surface area contributed by atoms with E-state index in [1.54, 1.807) is 12.4 Å². The molecule has 0 saturated heterocycles. The van der Waals surface area contributed by atoms with Crippen LogP contribution >= 0.6 is 0 Å². The van der Waals surface area contributed by atoms with Crippen molar-refractivity contribution in [2.45, 2.75) is 31.6 Å². The van der Waals surface area contributed by atoms with E-state index in [2.05, 4.69) is 20.5 Å². The SMILES string of the molecule is Cn1c(C(=O)NCC2CCC(c3[nH]ncc3-c3ccncc3)CC2)cc(=O)n(C)c1=O. The smallest absolute Gasteiger partial charge is 0.331 e. The molecule has 1 amide bonds. The van der Waals surface area contributed by atoms with E-state index in [9.17, 15) is 14.4 Å². The molecule has 0 radical (unpaired) electrons. The second kappa shape index (κ2) is 8.71. The van der Waals surface area contributed by atoms with Crippen LogP contribution in [0.1, 0.15) is 47.8 Å². The van der Waals surface area contributed by atoms with Crippen molar-refractivity contribution in [2.75, 3.05) is 6.54 Å². The molecule has 1 fully saturated rings. The summed E-state index contributed by atoms with van der Waals surface area (Å²) in [5, 5.41) is 10.3. The van der Waals surface area contributed by atoms with E-state index in [4.69, 9.17) is 0 Å². The van der Waals surface area contributed by atoms with E-state index in [-0.39, 0.29) is 5.69 Å². The molecule has 3 aromatic heterocycles. The summed E-state index contributed by atoms with van der Waals surface area (Å²) in [6, 6.07) is 5.17. The van der Waals surface area contributed by atoms with Crippen LogP contribution in [0.25, 0.3) is 11.1 Å². The number of nitrogens with one attached hydrogen (secondary N) is 2. The van der Waals surface area contributed by atoms with Gasteiger partial charge in [0.1, 0.15) is 5.69 Å². The quantitative estimate of drug-likeness (QED) is 0.648. The third kappa shape index (κ3) is 4.21. The molecule has 9 nitrogen and oxygen atoms in total. The van der Waals surface area contributed by atoms with Crippen LogP contribution in [0.2, 0.25) is 0 Å². The van der Waals surface area contributed by atoms with E-state index < -0.39 is 17.2 Å². The molecule has 162 valence electrons. The number of carbonyl (C=O) groups excluding carboxylic acids is 1. The van der Waals surface area contributed by atoms with Crippen LogP contribution in [0.3, 0.4) is 0 Å². The minimum atomic E-state index is -0.511. The minimum absolute atomic E-state index is 0.0845. The number of hydrogen-bond acceptors (Lipinski definition) is 5. The summed E-state index contributed by atoms with van der Waals surface area (Å²) in [7, 11) is 2.89. The van der Waals surface area contributed by atoms with Gasteiger partial charge >= 0.3 is 5.69 Å². The zero-order valence-corrected chi connectivity index (χ0v) is 17.7. The number of aromatic amines is 1. The molecule has 4 rings (SSSR count). The zero-order chi connectivity index (χ0) is 22.0. The van der Waals surface area contributed by atoms with Crippen molar-refractivity contribution < 1.29 is 4.79 Å². The van der Waals surface area contributed by atoms with Crippen molar-refractivity contribution >= 4 is 5.91 Å². The maximum absolute atomic E-state index is 12.5. The van der Waals surface area contributed by atoms with Gasteiger partial charge in [-0.3, -0.25) is 28.8 Å². The number of rotatable bonds is 5. The van der Waals surface area contributed by atoms with E-state index >= 15 is 0 Å². The molecule has 1 aliphatic rings. The molecule has 3 aromatic rings. The van der Waals surface area contributed by atoms with Gasteiger partial charge in [0.2, 0.25) is 0 Å². The Labute approximate surface area is 179 Å². The van der Waals surface area contributed by atoms with Gasteiger partial charge in [0, 0.05) is 56.3 Å². The van der Waals surface area contributed by atoms with Gasteiger partial charge in [0.25, 0.3) is 11.5 Å². The van der Waals surface area contributed by atoms with Gasteiger partial charge in [-0.15, -0.1) is 0 Å². The Morgan fingerprint density at radius 3 is 2.55 bits per heavy atom. The number of nitrogens with zero attached hydrogens (tertiary/aromatic N) is 4. The van der Waals surface area contributed by atoms with Gasteiger partial charge in [-0.1, -0.05) is 0 Å². The average molecular weight is 422 g/mol. The Morgan fingerprint density at radius 1 is 1.13 bits per heavy atom. The first-order valence-electron chi connectivity index (χ1n) is 10.4. The lowest BCUT2D eigenvalue weighted by molar-refractivity contribution is 0.0932. The molecule has 9 heteroatoms. The highest BCUT2D eigenvalue weighted by molar-refractivity contribution is 5.92. The van der Waals surface area contributed by atoms with Gasteiger partial charge < -0.3 is 5.32 Å². The minimum Gasteiger partial charge on any atom is -0.350 e. The Balaban J connectivity index is 1.36. The van der Waals surface area contributed by atoms with E-state index in [0.717, 1.165) is 47.1 Å². The Kier molecular flexibility index (Phi) is 5.83. The first kappa shape index (κ1) is 20.8. The molecular weight excluding hydrogens is 396 g/mol. The molecule has 0 unspecified atom stereocenters. The van der Waals surface area contributed by atoms with Crippen LogP contribution < -0.4 is 16.6 Å². The van der Waals surface area contributed by atoms with E-state index in [1.807, 2.05) is 18.3 Å². The number of amides is 1. The highest BCUT2D eigenvalue weighted by Crippen LogP contribution is 2.38. The molecule has 0 atom stereocenters. The second-order valence-electron chi connectivity index (χ2n) is 8.13. The summed E-state index contributed by atoms with van der Waals surface area (Å²) in [5.41, 5.74) is 2.46. The topological polar surface area (TPSA) is 115 Å². The van der Waals surface area contributed by atoms with E-state index in [0.29, 0.717) is 18.4 Å². The van der Waals surface area contributed by atoms with Crippen molar-refractivity contribution in [1.82, 2.24) is 29.6 Å². The van der Waals surface area contributed by atoms with Crippen molar-refractivity contribution in [3.05, 3.63) is 69.0 Å². The molecule has 3 heterocycles. The van der Waals surface area contributed by atoms with Crippen LogP contribution in [0.4, 0.5) is 0 Å². The van der Waals surface area contributed by atoms with Gasteiger partial charge in [-0.2, -0.15) is 5.10 Å². The summed E-state index contributed by atoms with van der Waals surface area (Å²) >= 11 is 0. The molecule has 0 spiro atoms. The second-order valence-corrected chi connectivity index (χ2v) is 8.13. The number of aromatic nitrogens is 5. The van der Waals surface area contributed by atoms with Gasteiger partial charge in [-0.05, 0) is 49.3 Å². The average Bonchev–Trinajstić information content (AvgIpc) is 3.29. The number of carbonyl (C=O) groups is 1. The normalized spacial score (nSPS) is 18.6. The Hall–Kier alpha value is -3.49. The zero-order valence-electron chi connectivity index (χ0n) is 17.7. The first-order valence-corrected chi connectivity index (χ1v) is 10.4. The fourth-order valence-corrected chi connectivity index (χ4v) is 4.30. The molecular formula is C22H26N6O3. The Bertz CT molecular complexity index is 1190. The molecule has 1 aliphatic carbocycles. The lowest BCUT2D eigenvalue weighted by Gasteiger charge is -2.28. The molecule has 0 aliphatic heterocycles. The van der Waals surface area contributed by atoms with Gasteiger partial charge in [0.15, 0.2) is 0 Å². The largest absolute Gasteiger partial charge is 0.350 e. The highest BCUT2D eigenvalue weighted by atomic mass is 16.2. The fraction of sp³-hybridized carbons (Fsp3) is 0.409. The van der Waals surface area contributed by atoms with Crippen LogP contribution in [0.15, 0.2) is 46.4 Å². The summed E-state index contributed by atoms with van der Waals surface area (Å²) in [5.74, 6) is 0.361. The predicted octanol–water partition coefficient (Wildman–Crippen LogP) is 1.57.